The Balaban J connectivity index is 3.14. The molecule has 1 heterocycles. The van der Waals surface area contributed by atoms with E-state index < -0.39 is 0 Å². The van der Waals surface area contributed by atoms with Crippen LogP contribution in [0, 0.1) is 6.92 Å². The Morgan fingerprint density at radius 2 is 2.40 bits per heavy atom. The Morgan fingerprint density at radius 3 is 2.90 bits per heavy atom. The van der Waals surface area contributed by atoms with Crippen LogP contribution in [0.25, 0.3) is 0 Å². The highest BCUT2D eigenvalue weighted by atomic mass is 35.5. The zero-order valence-electron chi connectivity index (χ0n) is 5.63. The van der Waals surface area contributed by atoms with Crippen LogP contribution in [0.3, 0.4) is 0 Å². The van der Waals surface area contributed by atoms with Crippen molar-refractivity contribution in [3.05, 3.63) is 28.5 Å². The molecule has 0 aliphatic carbocycles. The van der Waals surface area contributed by atoms with Crippen LogP contribution < -0.4 is 0 Å². The van der Waals surface area contributed by atoms with Crippen molar-refractivity contribution >= 4 is 11.6 Å². The number of nitrogens with zero attached hydrogens (tertiary/aromatic N) is 1. The van der Waals surface area contributed by atoms with Crippen molar-refractivity contribution < 1.29 is 5.11 Å². The lowest BCUT2D eigenvalue weighted by Crippen LogP contribution is -1.90. The predicted molar refractivity (Wildman–Crippen MR) is 39.9 cm³/mol. The van der Waals surface area contributed by atoms with Crippen LogP contribution in [0.1, 0.15) is 11.1 Å². The third-order valence-electron chi connectivity index (χ3n) is 1.43. The van der Waals surface area contributed by atoms with Crippen molar-refractivity contribution in [2.45, 2.75) is 13.5 Å². The largest absolute Gasteiger partial charge is 0.392 e. The summed E-state index contributed by atoms with van der Waals surface area (Å²) in [6, 6.07) is 1.75. The lowest BCUT2D eigenvalue weighted by Gasteiger charge is -2.00. The molecule has 0 unspecified atom stereocenters. The van der Waals surface area contributed by atoms with Gasteiger partial charge in [-0.3, -0.25) is 0 Å². The summed E-state index contributed by atoms with van der Waals surface area (Å²) < 4.78 is 0. The van der Waals surface area contributed by atoms with E-state index in [1.54, 1.807) is 12.3 Å². The molecule has 0 saturated heterocycles. The molecule has 1 N–H and O–H groups in total. The van der Waals surface area contributed by atoms with Crippen LogP contribution in [0.4, 0.5) is 0 Å². The summed E-state index contributed by atoms with van der Waals surface area (Å²) in [6.07, 6.45) is 1.58. The van der Waals surface area contributed by atoms with Gasteiger partial charge in [-0.2, -0.15) is 0 Å². The van der Waals surface area contributed by atoms with Crippen LogP contribution in [0.2, 0.25) is 5.15 Å². The molecule has 0 atom stereocenters. The monoisotopic (exact) mass is 157 g/mol. The molecular weight excluding hydrogens is 150 g/mol. The van der Waals surface area contributed by atoms with E-state index >= 15 is 0 Å². The van der Waals surface area contributed by atoms with E-state index in [9.17, 15) is 0 Å². The molecule has 0 spiro atoms. The second-order valence-corrected chi connectivity index (χ2v) is 2.40. The molecule has 2 nitrogen and oxygen atoms in total. The van der Waals surface area contributed by atoms with E-state index in [4.69, 9.17) is 16.7 Å². The maximum atomic E-state index is 8.76. The third kappa shape index (κ3) is 1.28. The van der Waals surface area contributed by atoms with Gasteiger partial charge in [-0.05, 0) is 24.1 Å². The molecule has 0 amide bonds. The normalized spacial score (nSPS) is 9.90. The second-order valence-electron chi connectivity index (χ2n) is 2.04. The van der Waals surface area contributed by atoms with E-state index in [1.165, 1.54) is 0 Å². The SMILES string of the molecule is Cc1c(CO)ccnc1Cl. The van der Waals surface area contributed by atoms with Crippen molar-refractivity contribution in [2.75, 3.05) is 0 Å². The molecule has 1 aromatic heterocycles. The minimum atomic E-state index is 0.0219. The van der Waals surface area contributed by atoms with Gasteiger partial charge in [0.2, 0.25) is 0 Å². The molecule has 0 radical (unpaired) electrons. The Morgan fingerprint density at radius 1 is 1.70 bits per heavy atom. The van der Waals surface area contributed by atoms with Crippen LogP contribution >= 0.6 is 11.6 Å². The first-order chi connectivity index (χ1) is 4.75. The zero-order valence-corrected chi connectivity index (χ0v) is 6.39. The first kappa shape index (κ1) is 7.51. The van der Waals surface area contributed by atoms with Crippen molar-refractivity contribution in [1.29, 1.82) is 0 Å². The number of aliphatic hydroxyl groups excluding tert-OH is 1. The Hall–Kier alpha value is -0.600. The number of halogens is 1. The summed E-state index contributed by atoms with van der Waals surface area (Å²) in [6.45, 7) is 1.86. The van der Waals surface area contributed by atoms with Crippen LogP contribution in [0.15, 0.2) is 12.3 Å². The maximum Gasteiger partial charge on any atom is 0.132 e. The summed E-state index contributed by atoms with van der Waals surface area (Å²) in [5, 5.41) is 9.22. The van der Waals surface area contributed by atoms with E-state index in [-0.39, 0.29) is 6.61 Å². The molecule has 0 aliphatic heterocycles. The molecule has 1 rings (SSSR count). The van der Waals surface area contributed by atoms with Crippen molar-refractivity contribution in [3.8, 4) is 0 Å². The lowest BCUT2D eigenvalue weighted by molar-refractivity contribution is 0.281. The van der Waals surface area contributed by atoms with Gasteiger partial charge in [0.05, 0.1) is 6.61 Å². The number of aromatic nitrogens is 1. The van der Waals surface area contributed by atoms with E-state index in [0.29, 0.717) is 5.15 Å². The fraction of sp³-hybridized carbons (Fsp3) is 0.286. The van der Waals surface area contributed by atoms with Gasteiger partial charge in [-0.25, -0.2) is 4.98 Å². The summed E-state index contributed by atoms with van der Waals surface area (Å²) in [5.74, 6) is 0. The molecule has 3 heteroatoms. The quantitative estimate of drug-likeness (QED) is 0.628. The van der Waals surface area contributed by atoms with Gasteiger partial charge in [-0.15, -0.1) is 0 Å². The van der Waals surface area contributed by atoms with Gasteiger partial charge >= 0.3 is 0 Å². The molecule has 0 bridgehead atoms. The molecule has 10 heavy (non-hydrogen) atoms. The number of hydrogen-bond acceptors (Lipinski definition) is 2. The van der Waals surface area contributed by atoms with Crippen molar-refractivity contribution in [2.24, 2.45) is 0 Å². The first-order valence-corrected chi connectivity index (χ1v) is 3.34. The second kappa shape index (κ2) is 2.99. The molecule has 1 aromatic rings. The minimum absolute atomic E-state index is 0.0219. The molecule has 0 saturated carbocycles. The summed E-state index contributed by atoms with van der Waals surface area (Å²) in [4.78, 5) is 3.84. The van der Waals surface area contributed by atoms with Gasteiger partial charge in [0, 0.05) is 6.20 Å². The third-order valence-corrected chi connectivity index (χ3v) is 1.81. The summed E-state index contributed by atoms with van der Waals surface area (Å²) >= 11 is 5.67. The fourth-order valence-electron chi connectivity index (χ4n) is 0.718. The van der Waals surface area contributed by atoms with Gasteiger partial charge < -0.3 is 5.11 Å². The highest BCUT2D eigenvalue weighted by Gasteiger charge is 1.99. The van der Waals surface area contributed by atoms with Crippen LogP contribution in [-0.4, -0.2) is 10.1 Å². The molecule has 0 fully saturated rings. The lowest BCUT2D eigenvalue weighted by atomic mass is 10.2. The average Bonchev–Trinajstić information content (AvgIpc) is 1.95. The standard InChI is InChI=1S/C7H8ClNO/c1-5-6(4-10)2-3-9-7(5)8/h2-3,10H,4H2,1H3. The minimum Gasteiger partial charge on any atom is -0.392 e. The van der Waals surface area contributed by atoms with Crippen molar-refractivity contribution in [3.63, 3.8) is 0 Å². The number of rotatable bonds is 1. The molecular formula is C7H8ClNO. The van der Waals surface area contributed by atoms with Gasteiger partial charge in [0.25, 0.3) is 0 Å². The molecule has 0 aliphatic rings. The summed E-state index contributed by atoms with van der Waals surface area (Å²) in [5.41, 5.74) is 1.69. The Labute approximate surface area is 64.5 Å². The predicted octanol–water partition coefficient (Wildman–Crippen LogP) is 1.54. The van der Waals surface area contributed by atoms with E-state index in [1.807, 2.05) is 6.92 Å². The first-order valence-electron chi connectivity index (χ1n) is 2.96. The van der Waals surface area contributed by atoms with Gasteiger partial charge in [0.15, 0.2) is 0 Å². The van der Waals surface area contributed by atoms with Gasteiger partial charge in [-0.1, -0.05) is 11.6 Å². The van der Waals surface area contributed by atoms with Crippen LogP contribution in [-0.2, 0) is 6.61 Å². The topological polar surface area (TPSA) is 33.1 Å². The number of hydrogen-bond donors (Lipinski definition) is 1. The fourth-order valence-corrected chi connectivity index (χ4v) is 0.896. The average molecular weight is 158 g/mol. The molecule has 0 aromatic carbocycles. The zero-order chi connectivity index (χ0) is 7.56. The smallest absolute Gasteiger partial charge is 0.132 e. The maximum absolute atomic E-state index is 8.76. The summed E-state index contributed by atoms with van der Waals surface area (Å²) in [7, 11) is 0. The van der Waals surface area contributed by atoms with Crippen LogP contribution in [0.5, 0.6) is 0 Å². The van der Waals surface area contributed by atoms with E-state index in [0.717, 1.165) is 11.1 Å². The molecule has 54 valence electrons. The highest BCUT2D eigenvalue weighted by molar-refractivity contribution is 6.30. The van der Waals surface area contributed by atoms with E-state index in [2.05, 4.69) is 4.98 Å². The van der Waals surface area contributed by atoms with Crippen molar-refractivity contribution in [1.82, 2.24) is 4.98 Å². The van der Waals surface area contributed by atoms with Gasteiger partial charge in [0.1, 0.15) is 5.15 Å². The Kier molecular flexibility index (Phi) is 2.25. The highest BCUT2D eigenvalue weighted by Crippen LogP contribution is 2.14. The Bertz CT molecular complexity index is 237. The number of pyridine rings is 1. The number of aliphatic hydroxyl groups is 1.